The molecule has 6 rings (SSSR count). The third-order valence-electron chi connectivity index (χ3n) is 7.13. The highest BCUT2D eigenvalue weighted by atomic mass is 16.5. The molecule has 8 heteroatoms. The van der Waals surface area contributed by atoms with E-state index in [1.165, 1.54) is 24.8 Å². The van der Waals surface area contributed by atoms with Gasteiger partial charge in [0.15, 0.2) is 5.65 Å². The molecule has 200 valence electrons. The number of aryl methyl sites for hydroxylation is 1. The predicted octanol–water partition coefficient (Wildman–Crippen LogP) is 6.81. The zero-order chi connectivity index (χ0) is 27.5. The molecule has 0 bridgehead atoms. The van der Waals surface area contributed by atoms with Crippen LogP contribution in [0.2, 0.25) is 0 Å². The Morgan fingerprint density at radius 2 is 1.75 bits per heavy atom. The second-order valence-electron chi connectivity index (χ2n) is 9.79. The normalized spacial score (nSPS) is 11.2. The fraction of sp³-hybridized carbons (Fsp3) is 0.188. The second-order valence-corrected chi connectivity index (χ2v) is 9.79. The Labute approximate surface area is 231 Å². The second kappa shape index (κ2) is 11.0. The molecule has 0 aliphatic rings. The summed E-state index contributed by atoms with van der Waals surface area (Å²) in [6.45, 7) is 2.22. The first-order valence-electron chi connectivity index (χ1n) is 13.5. The smallest absolute Gasteiger partial charge is 0.267 e. The van der Waals surface area contributed by atoms with Crippen LogP contribution < -0.4 is 15.6 Å². The lowest BCUT2D eigenvalue weighted by Gasteiger charge is -2.13. The number of nitrogens with zero attached hydrogens (tertiary/aromatic N) is 4. The molecule has 0 saturated heterocycles. The van der Waals surface area contributed by atoms with E-state index in [0.29, 0.717) is 27.9 Å². The highest BCUT2D eigenvalue weighted by Crippen LogP contribution is 2.27. The van der Waals surface area contributed by atoms with Gasteiger partial charge in [-0.25, -0.2) is 4.98 Å². The molecule has 6 aromatic rings. The summed E-state index contributed by atoms with van der Waals surface area (Å²) in [5, 5.41) is 11.5. The minimum atomic E-state index is -0.200. The Bertz CT molecular complexity index is 1840. The maximum absolute atomic E-state index is 13.8. The van der Waals surface area contributed by atoms with Gasteiger partial charge in [0, 0.05) is 11.9 Å². The summed E-state index contributed by atoms with van der Waals surface area (Å²) in [6, 6.07) is 24.2. The molecule has 0 aliphatic heterocycles. The Balaban J connectivity index is 1.42. The number of ether oxygens (including phenoxy) is 1. The van der Waals surface area contributed by atoms with Gasteiger partial charge in [-0.2, -0.15) is 10.1 Å². The van der Waals surface area contributed by atoms with E-state index in [1.54, 1.807) is 24.1 Å². The van der Waals surface area contributed by atoms with Crippen LogP contribution in [0.15, 0.2) is 90.0 Å². The Hall–Kier alpha value is -4.98. The van der Waals surface area contributed by atoms with Crippen LogP contribution in [0.4, 0.5) is 11.6 Å². The van der Waals surface area contributed by atoms with Gasteiger partial charge in [-0.1, -0.05) is 56.2 Å². The number of pyridine rings is 1. The fourth-order valence-electron chi connectivity index (χ4n) is 4.96. The van der Waals surface area contributed by atoms with Gasteiger partial charge in [0.1, 0.15) is 5.75 Å². The van der Waals surface area contributed by atoms with Crippen LogP contribution in [0.5, 0.6) is 5.75 Å². The molecule has 2 N–H and O–H groups in total. The van der Waals surface area contributed by atoms with E-state index < -0.39 is 0 Å². The molecule has 3 aromatic carbocycles. The van der Waals surface area contributed by atoms with Gasteiger partial charge < -0.3 is 10.1 Å². The highest BCUT2D eigenvalue weighted by molar-refractivity contribution is 6.02. The quantitative estimate of drug-likeness (QED) is 0.199. The third-order valence-corrected chi connectivity index (χ3v) is 7.13. The van der Waals surface area contributed by atoms with Crippen LogP contribution in [-0.4, -0.2) is 31.8 Å². The number of H-pyrrole nitrogens is 1. The monoisotopic (exact) mass is 530 g/mol. The van der Waals surface area contributed by atoms with E-state index in [9.17, 15) is 4.79 Å². The molecule has 0 saturated carbocycles. The summed E-state index contributed by atoms with van der Waals surface area (Å²) < 4.78 is 6.88. The molecule has 0 unspecified atom stereocenters. The van der Waals surface area contributed by atoms with Gasteiger partial charge in [0.05, 0.1) is 35.3 Å². The Kier molecular flexibility index (Phi) is 6.97. The number of hydrogen-bond acceptors (Lipinski definition) is 6. The third kappa shape index (κ3) is 4.91. The standard InChI is InChI=1S/C32H30N6O2/c1-3-4-5-7-21-10-12-22(13-11-21)23-8-6-9-25(18-23)38-30-27(29-28(31(38)39)20-34-37-29)19-33-32(36-30)35-24-14-16-26(40-2)17-15-24/h6,8-20H,3-5,7H2,1-2H3,(H,34,37)(H,33,35,36). The molecule has 0 aliphatic carbocycles. The van der Waals surface area contributed by atoms with Gasteiger partial charge >= 0.3 is 0 Å². The molecular weight excluding hydrogens is 500 g/mol. The summed E-state index contributed by atoms with van der Waals surface area (Å²) >= 11 is 0. The average Bonchev–Trinajstić information content (AvgIpc) is 3.49. The Morgan fingerprint density at radius 3 is 2.52 bits per heavy atom. The van der Waals surface area contributed by atoms with Crippen LogP contribution in [0.3, 0.4) is 0 Å². The first-order chi connectivity index (χ1) is 19.6. The molecule has 0 amide bonds. The average molecular weight is 531 g/mol. The SMILES string of the molecule is CCCCCc1ccc(-c2cccc(-n3c(=O)c4cn[nH]c4c4cnc(Nc5ccc(OC)cc5)nc43)c2)cc1. The van der Waals surface area contributed by atoms with Crippen molar-refractivity contribution in [1.29, 1.82) is 0 Å². The summed E-state index contributed by atoms with van der Waals surface area (Å²) in [4.78, 5) is 23.1. The number of fused-ring (bicyclic) bond motifs is 3. The van der Waals surface area contributed by atoms with E-state index in [4.69, 9.17) is 9.72 Å². The lowest BCUT2D eigenvalue weighted by atomic mass is 10.0. The molecule has 0 atom stereocenters. The van der Waals surface area contributed by atoms with E-state index in [2.05, 4.69) is 57.8 Å². The Morgan fingerprint density at radius 1 is 0.925 bits per heavy atom. The van der Waals surface area contributed by atoms with Crippen molar-refractivity contribution in [2.24, 2.45) is 0 Å². The topological polar surface area (TPSA) is 97.7 Å². The summed E-state index contributed by atoms with van der Waals surface area (Å²) in [5.41, 5.74) is 5.88. The molecule has 40 heavy (non-hydrogen) atoms. The van der Waals surface area contributed by atoms with Crippen LogP contribution in [0.1, 0.15) is 31.7 Å². The number of anilines is 2. The number of unbranched alkanes of at least 4 members (excludes halogenated alkanes) is 2. The van der Waals surface area contributed by atoms with Crippen molar-refractivity contribution in [3.63, 3.8) is 0 Å². The number of aromatic nitrogens is 5. The molecule has 8 nitrogen and oxygen atoms in total. The van der Waals surface area contributed by atoms with E-state index in [1.807, 2.05) is 42.5 Å². The van der Waals surface area contributed by atoms with Gasteiger partial charge in [0.25, 0.3) is 5.56 Å². The van der Waals surface area contributed by atoms with Crippen molar-refractivity contribution in [3.8, 4) is 22.6 Å². The van der Waals surface area contributed by atoms with E-state index >= 15 is 0 Å². The first kappa shape index (κ1) is 25.3. The van der Waals surface area contributed by atoms with Crippen LogP contribution in [-0.2, 0) is 6.42 Å². The lowest BCUT2D eigenvalue weighted by Crippen LogP contribution is -2.20. The van der Waals surface area contributed by atoms with Gasteiger partial charge in [-0.05, 0) is 65.9 Å². The van der Waals surface area contributed by atoms with Gasteiger partial charge in [-0.15, -0.1) is 0 Å². The summed E-state index contributed by atoms with van der Waals surface area (Å²) in [6.07, 6.45) is 8.02. The largest absolute Gasteiger partial charge is 0.497 e. The zero-order valence-electron chi connectivity index (χ0n) is 22.5. The predicted molar refractivity (Wildman–Crippen MR) is 160 cm³/mol. The molecule has 0 spiro atoms. The maximum Gasteiger partial charge on any atom is 0.267 e. The summed E-state index contributed by atoms with van der Waals surface area (Å²) in [5.74, 6) is 1.13. The molecule has 0 radical (unpaired) electrons. The summed E-state index contributed by atoms with van der Waals surface area (Å²) in [7, 11) is 1.63. The number of nitrogens with one attached hydrogen (secondary N) is 2. The van der Waals surface area contributed by atoms with Crippen LogP contribution in [0.25, 0.3) is 38.8 Å². The van der Waals surface area contributed by atoms with Crippen molar-refractivity contribution in [2.75, 3.05) is 12.4 Å². The zero-order valence-corrected chi connectivity index (χ0v) is 22.5. The lowest BCUT2D eigenvalue weighted by molar-refractivity contribution is 0.415. The number of benzene rings is 3. The van der Waals surface area contributed by atoms with Gasteiger partial charge in [0.2, 0.25) is 5.95 Å². The minimum Gasteiger partial charge on any atom is -0.497 e. The van der Waals surface area contributed by atoms with Crippen molar-refractivity contribution in [1.82, 2.24) is 24.7 Å². The molecule has 3 aromatic heterocycles. The highest BCUT2D eigenvalue weighted by Gasteiger charge is 2.17. The van der Waals surface area contributed by atoms with Crippen LogP contribution >= 0.6 is 0 Å². The minimum absolute atomic E-state index is 0.200. The van der Waals surface area contributed by atoms with Crippen molar-refractivity contribution < 1.29 is 4.74 Å². The number of hydrogen-bond donors (Lipinski definition) is 2. The molecular formula is C32H30N6O2. The number of aromatic amines is 1. The molecule has 0 fully saturated rings. The maximum atomic E-state index is 13.8. The van der Waals surface area contributed by atoms with E-state index in [0.717, 1.165) is 34.7 Å². The van der Waals surface area contributed by atoms with Crippen molar-refractivity contribution in [3.05, 3.63) is 101 Å². The number of rotatable bonds is 9. The van der Waals surface area contributed by atoms with Crippen molar-refractivity contribution in [2.45, 2.75) is 32.6 Å². The van der Waals surface area contributed by atoms with E-state index in [-0.39, 0.29) is 5.56 Å². The van der Waals surface area contributed by atoms with Gasteiger partial charge in [-0.3, -0.25) is 14.5 Å². The number of methoxy groups -OCH3 is 1. The van der Waals surface area contributed by atoms with Crippen molar-refractivity contribution >= 4 is 33.6 Å². The fourth-order valence-corrected chi connectivity index (χ4v) is 4.96. The van der Waals surface area contributed by atoms with Crippen LogP contribution in [0, 0.1) is 0 Å². The first-order valence-corrected chi connectivity index (χ1v) is 13.5. The molecule has 3 heterocycles.